The molecule has 2 N–H and O–H groups in total. The third kappa shape index (κ3) is 5.68. The van der Waals surface area contributed by atoms with Crippen molar-refractivity contribution < 1.29 is 18.3 Å². The van der Waals surface area contributed by atoms with Crippen LogP contribution >= 0.6 is 11.6 Å². The van der Waals surface area contributed by atoms with Crippen LogP contribution in [0.5, 0.6) is 0 Å². The summed E-state index contributed by atoms with van der Waals surface area (Å²) in [5.74, 6) is -0.597. The molecule has 3 rings (SSSR count). The van der Waals surface area contributed by atoms with Gasteiger partial charge in [0.05, 0.1) is 10.5 Å². The number of rotatable bonds is 9. The van der Waals surface area contributed by atoms with Crippen LogP contribution in [0.1, 0.15) is 61.0 Å². The highest BCUT2D eigenvalue weighted by molar-refractivity contribution is 7.89. The standard InChI is InChI=1S/C25H28ClNO4S/c1-16(2)18-7-13-22-19(15-24(25(28)29)23(22)14-8-18)6-4-5-17(3)27-32(30,31)21-11-9-20(26)10-12-21/h7-17,27H,4-6H2,1-3H3,(H,28,29). The molecule has 1 aromatic rings. The van der Waals surface area contributed by atoms with Crippen molar-refractivity contribution in [2.75, 3.05) is 0 Å². The van der Waals surface area contributed by atoms with Crippen LogP contribution in [0.25, 0.3) is 11.1 Å². The summed E-state index contributed by atoms with van der Waals surface area (Å²) in [4.78, 5) is 11.9. The molecule has 0 radical (unpaired) electrons. The average Bonchev–Trinajstić information content (AvgIpc) is 2.90. The minimum absolute atomic E-state index is 0.176. The van der Waals surface area contributed by atoms with Crippen molar-refractivity contribution in [1.82, 2.24) is 4.72 Å². The number of hydrogen-bond acceptors (Lipinski definition) is 3. The summed E-state index contributed by atoms with van der Waals surface area (Å²) in [6.07, 6.45) is 2.01. The molecule has 0 amide bonds. The van der Waals surface area contributed by atoms with Gasteiger partial charge in [-0.1, -0.05) is 49.7 Å². The SMILES string of the molecule is CC(CCCc1cc(C(=O)O)c2ccc(C(C)C)ccc1-2)NS(=O)(=O)c1ccc(Cl)cc1. The molecule has 32 heavy (non-hydrogen) atoms. The summed E-state index contributed by atoms with van der Waals surface area (Å²) in [5.41, 5.74) is 4.08. The minimum atomic E-state index is -3.62. The molecule has 1 aromatic carbocycles. The van der Waals surface area contributed by atoms with Gasteiger partial charge < -0.3 is 5.11 Å². The maximum Gasteiger partial charge on any atom is 0.336 e. The molecule has 1 unspecified atom stereocenters. The number of carboxylic acids is 1. The van der Waals surface area contributed by atoms with Gasteiger partial charge in [0, 0.05) is 11.1 Å². The topological polar surface area (TPSA) is 83.5 Å². The number of aromatic carboxylic acids is 1. The Bertz CT molecular complexity index is 1170. The molecule has 0 heterocycles. The quantitative estimate of drug-likeness (QED) is 0.402. The summed E-state index contributed by atoms with van der Waals surface area (Å²) >= 11 is 5.84. The van der Waals surface area contributed by atoms with Gasteiger partial charge in [0.2, 0.25) is 10.0 Å². The lowest BCUT2D eigenvalue weighted by molar-refractivity contribution is 0.0698. The third-order valence-electron chi connectivity index (χ3n) is 5.59. The Kier molecular flexibility index (Phi) is 7.59. The van der Waals surface area contributed by atoms with E-state index in [1.165, 1.54) is 12.1 Å². The van der Waals surface area contributed by atoms with Gasteiger partial charge in [-0.15, -0.1) is 0 Å². The molecule has 1 atom stereocenters. The first-order valence-electron chi connectivity index (χ1n) is 10.6. The van der Waals surface area contributed by atoms with E-state index in [0.717, 1.165) is 28.7 Å². The van der Waals surface area contributed by atoms with Crippen LogP contribution in [0.15, 0.2) is 59.5 Å². The average molecular weight is 474 g/mol. The Morgan fingerprint density at radius 2 is 1.62 bits per heavy atom. The van der Waals surface area contributed by atoms with E-state index in [9.17, 15) is 18.3 Å². The third-order valence-corrected chi connectivity index (χ3v) is 7.45. The molecule has 2 aliphatic rings. The highest BCUT2D eigenvalue weighted by Crippen LogP contribution is 2.34. The molecule has 0 saturated heterocycles. The van der Waals surface area contributed by atoms with Crippen LogP contribution in [0.4, 0.5) is 0 Å². The van der Waals surface area contributed by atoms with Crippen LogP contribution in [0.3, 0.4) is 0 Å². The number of nitrogens with one attached hydrogen (secondary N) is 1. The zero-order chi connectivity index (χ0) is 23.5. The number of carbonyl (C=O) groups is 1. The number of hydrogen-bond donors (Lipinski definition) is 2. The van der Waals surface area contributed by atoms with Crippen molar-refractivity contribution in [2.45, 2.75) is 56.9 Å². The van der Waals surface area contributed by atoms with Gasteiger partial charge in [-0.3, -0.25) is 0 Å². The number of aryl methyl sites for hydroxylation is 1. The minimum Gasteiger partial charge on any atom is -0.478 e. The summed E-state index contributed by atoms with van der Waals surface area (Å²) in [6, 6.07) is 15.4. The predicted octanol–water partition coefficient (Wildman–Crippen LogP) is 5.96. The van der Waals surface area contributed by atoms with E-state index in [1.807, 2.05) is 31.2 Å². The Morgan fingerprint density at radius 3 is 2.22 bits per heavy atom. The molecule has 0 fully saturated rings. The molecule has 2 aliphatic carbocycles. The molecule has 0 aliphatic heterocycles. The van der Waals surface area contributed by atoms with E-state index >= 15 is 0 Å². The lowest BCUT2D eigenvalue weighted by atomic mass is 10.0. The Morgan fingerprint density at radius 1 is 1.00 bits per heavy atom. The fourth-order valence-electron chi connectivity index (χ4n) is 3.81. The van der Waals surface area contributed by atoms with E-state index in [0.29, 0.717) is 29.3 Å². The second kappa shape index (κ2) is 10.0. The molecular formula is C25H28ClNO4S. The molecule has 7 heteroatoms. The van der Waals surface area contributed by atoms with Gasteiger partial charge in [-0.25, -0.2) is 17.9 Å². The van der Waals surface area contributed by atoms with Crippen molar-refractivity contribution in [3.05, 3.63) is 76.3 Å². The number of benzene rings is 1. The van der Waals surface area contributed by atoms with E-state index in [-0.39, 0.29) is 10.9 Å². The Labute approximate surface area is 194 Å². The maximum atomic E-state index is 12.5. The van der Waals surface area contributed by atoms with Gasteiger partial charge >= 0.3 is 5.97 Å². The van der Waals surface area contributed by atoms with Crippen molar-refractivity contribution >= 4 is 27.6 Å². The predicted molar refractivity (Wildman–Crippen MR) is 128 cm³/mol. The van der Waals surface area contributed by atoms with Crippen LogP contribution in [0, 0.1) is 0 Å². The van der Waals surface area contributed by atoms with Gasteiger partial charge in [0.1, 0.15) is 0 Å². The van der Waals surface area contributed by atoms with Crippen LogP contribution in [-0.2, 0) is 16.4 Å². The maximum absolute atomic E-state index is 12.5. The van der Waals surface area contributed by atoms with E-state index < -0.39 is 16.0 Å². The zero-order valence-corrected chi connectivity index (χ0v) is 20.0. The normalized spacial score (nSPS) is 12.9. The fraction of sp³-hybridized carbons (Fsp3) is 0.320. The van der Waals surface area contributed by atoms with Crippen molar-refractivity contribution in [3.8, 4) is 11.1 Å². The van der Waals surface area contributed by atoms with Gasteiger partial charge in [-0.2, -0.15) is 0 Å². The summed E-state index contributed by atoms with van der Waals surface area (Å²) in [5, 5.41) is 10.1. The molecular weight excluding hydrogens is 446 g/mol. The summed E-state index contributed by atoms with van der Waals surface area (Å²) < 4.78 is 27.8. The number of halogens is 1. The molecule has 0 saturated carbocycles. The Balaban J connectivity index is 1.70. The second-order valence-corrected chi connectivity index (χ2v) is 10.6. The summed E-state index contributed by atoms with van der Waals surface area (Å²) in [7, 11) is -3.62. The number of carboxylic acid groups (broad SMARTS) is 1. The molecule has 0 bridgehead atoms. The van der Waals surface area contributed by atoms with Gasteiger partial charge in [0.15, 0.2) is 0 Å². The van der Waals surface area contributed by atoms with Crippen molar-refractivity contribution in [2.24, 2.45) is 0 Å². The van der Waals surface area contributed by atoms with Crippen LogP contribution < -0.4 is 4.72 Å². The monoisotopic (exact) mass is 473 g/mol. The molecule has 0 spiro atoms. The number of fused-ring (bicyclic) bond motifs is 1. The fourth-order valence-corrected chi connectivity index (χ4v) is 5.22. The lowest BCUT2D eigenvalue weighted by Gasteiger charge is -2.14. The second-order valence-electron chi connectivity index (χ2n) is 8.41. The molecule has 5 nitrogen and oxygen atoms in total. The molecule has 170 valence electrons. The highest BCUT2D eigenvalue weighted by atomic mass is 35.5. The van der Waals surface area contributed by atoms with E-state index in [2.05, 4.69) is 18.6 Å². The van der Waals surface area contributed by atoms with Crippen LogP contribution in [-0.4, -0.2) is 25.5 Å². The zero-order valence-electron chi connectivity index (χ0n) is 18.4. The first kappa shape index (κ1) is 24.2. The van der Waals surface area contributed by atoms with Crippen LogP contribution in [0.2, 0.25) is 5.02 Å². The molecule has 0 aromatic heterocycles. The van der Waals surface area contributed by atoms with Gasteiger partial charge in [-0.05, 0) is 84.7 Å². The smallest absolute Gasteiger partial charge is 0.336 e. The first-order valence-corrected chi connectivity index (χ1v) is 12.5. The van der Waals surface area contributed by atoms with E-state index in [4.69, 9.17) is 11.6 Å². The van der Waals surface area contributed by atoms with Crippen molar-refractivity contribution in [1.29, 1.82) is 0 Å². The first-order chi connectivity index (χ1) is 15.1. The van der Waals surface area contributed by atoms with Crippen molar-refractivity contribution in [3.63, 3.8) is 0 Å². The number of sulfonamides is 1. The van der Waals surface area contributed by atoms with Gasteiger partial charge in [0.25, 0.3) is 0 Å². The summed E-state index contributed by atoms with van der Waals surface area (Å²) in [6.45, 7) is 6.03. The Hall–Kier alpha value is -2.41. The van der Waals surface area contributed by atoms with E-state index in [1.54, 1.807) is 18.2 Å². The highest BCUT2D eigenvalue weighted by Gasteiger charge is 2.21. The lowest BCUT2D eigenvalue weighted by Crippen LogP contribution is -2.32. The largest absolute Gasteiger partial charge is 0.478 e.